The first kappa shape index (κ1) is 17.9. The summed E-state index contributed by atoms with van der Waals surface area (Å²) >= 11 is 0. The molecule has 1 atom stereocenters. The highest BCUT2D eigenvalue weighted by Crippen LogP contribution is 2.43. The van der Waals surface area contributed by atoms with E-state index in [1.165, 1.54) is 29.3 Å². The Hall–Kier alpha value is -1.47. The predicted molar refractivity (Wildman–Crippen MR) is 95.4 cm³/mol. The number of carbonyl (C=O) groups is 1. The van der Waals surface area contributed by atoms with Crippen LogP contribution in [0.15, 0.2) is 29.2 Å². The Kier molecular flexibility index (Phi) is 4.55. The molecule has 0 N–H and O–H groups in total. The summed E-state index contributed by atoms with van der Waals surface area (Å²) in [6, 6.07) is 5.24. The maximum Gasteiger partial charge on any atom is 0.243 e. The Morgan fingerprint density at radius 2 is 1.69 bits per heavy atom. The van der Waals surface area contributed by atoms with E-state index in [1.54, 1.807) is 0 Å². The van der Waals surface area contributed by atoms with E-state index in [4.69, 9.17) is 0 Å². The zero-order valence-corrected chi connectivity index (χ0v) is 15.7. The molecule has 26 heavy (non-hydrogen) atoms. The standard InChI is InChI=1S/C19H25FN2O3S/c20-15-6-8-17(9-7-15)26(24,25)21-13-11-19(14-21)10-3-12-22(18(19)23)16-4-1-2-5-16/h6-9,16H,1-5,10-14H2. The van der Waals surface area contributed by atoms with Crippen molar-refractivity contribution < 1.29 is 17.6 Å². The van der Waals surface area contributed by atoms with Crippen molar-refractivity contribution in [2.45, 2.75) is 55.9 Å². The van der Waals surface area contributed by atoms with Gasteiger partial charge in [-0.3, -0.25) is 4.79 Å². The first-order valence-electron chi connectivity index (χ1n) is 9.49. The van der Waals surface area contributed by atoms with Crippen molar-refractivity contribution in [1.82, 2.24) is 9.21 Å². The van der Waals surface area contributed by atoms with Crippen LogP contribution in [0.25, 0.3) is 0 Å². The molecule has 2 aliphatic heterocycles. The molecule has 0 aromatic heterocycles. The summed E-state index contributed by atoms with van der Waals surface area (Å²) in [7, 11) is -3.69. The van der Waals surface area contributed by atoms with Gasteiger partial charge in [0, 0.05) is 25.7 Å². The van der Waals surface area contributed by atoms with Crippen LogP contribution in [0, 0.1) is 11.2 Å². The van der Waals surface area contributed by atoms with Gasteiger partial charge in [-0.15, -0.1) is 0 Å². The zero-order chi connectivity index (χ0) is 18.4. The summed E-state index contributed by atoms with van der Waals surface area (Å²) in [6.45, 7) is 1.40. The molecule has 1 aromatic carbocycles. The number of halogens is 1. The third kappa shape index (κ3) is 2.95. The van der Waals surface area contributed by atoms with Crippen LogP contribution >= 0.6 is 0 Å². The third-order valence-electron chi connectivity index (χ3n) is 6.30. The maximum atomic E-state index is 13.2. The number of hydrogen-bond acceptors (Lipinski definition) is 3. The van der Waals surface area contributed by atoms with E-state index >= 15 is 0 Å². The molecular formula is C19H25FN2O3S. The van der Waals surface area contributed by atoms with Crippen molar-refractivity contribution in [3.63, 3.8) is 0 Å². The summed E-state index contributed by atoms with van der Waals surface area (Å²) in [5.74, 6) is -0.316. The number of piperidine rings is 1. The highest BCUT2D eigenvalue weighted by molar-refractivity contribution is 7.89. The summed E-state index contributed by atoms with van der Waals surface area (Å²) in [5.41, 5.74) is -0.575. The Bertz CT molecular complexity index is 790. The normalized spacial score (nSPS) is 28.3. The molecular weight excluding hydrogens is 355 g/mol. The van der Waals surface area contributed by atoms with Gasteiger partial charge in [-0.25, -0.2) is 12.8 Å². The fourth-order valence-electron chi connectivity index (χ4n) is 4.84. The lowest BCUT2D eigenvalue weighted by atomic mass is 9.78. The third-order valence-corrected chi connectivity index (χ3v) is 8.16. The SMILES string of the molecule is O=C1N(C2CCCC2)CCCC12CCN(S(=O)(=O)c1ccc(F)cc1)C2. The van der Waals surface area contributed by atoms with Gasteiger partial charge in [-0.2, -0.15) is 4.31 Å². The molecule has 0 radical (unpaired) electrons. The number of amides is 1. The van der Waals surface area contributed by atoms with Crippen LogP contribution < -0.4 is 0 Å². The number of likely N-dealkylation sites (tertiary alicyclic amines) is 1. The number of benzene rings is 1. The number of hydrogen-bond donors (Lipinski definition) is 0. The van der Waals surface area contributed by atoms with E-state index in [1.807, 2.05) is 4.90 Å². The minimum absolute atomic E-state index is 0.0897. The molecule has 1 unspecified atom stereocenters. The topological polar surface area (TPSA) is 57.7 Å². The first-order valence-corrected chi connectivity index (χ1v) is 10.9. The van der Waals surface area contributed by atoms with Crippen molar-refractivity contribution in [3.05, 3.63) is 30.1 Å². The number of carbonyl (C=O) groups excluding carboxylic acids is 1. The summed E-state index contributed by atoms with van der Waals surface area (Å²) in [4.78, 5) is 15.4. The largest absolute Gasteiger partial charge is 0.339 e. The van der Waals surface area contributed by atoms with Crippen LogP contribution in [0.2, 0.25) is 0 Å². The van der Waals surface area contributed by atoms with Crippen LogP contribution in [0.5, 0.6) is 0 Å². The first-order chi connectivity index (χ1) is 12.4. The Morgan fingerprint density at radius 3 is 2.38 bits per heavy atom. The molecule has 1 amide bonds. The molecule has 4 rings (SSSR count). The molecule has 3 fully saturated rings. The van der Waals surface area contributed by atoms with Gasteiger partial charge in [-0.1, -0.05) is 12.8 Å². The predicted octanol–water partition coefficient (Wildman–Crippen LogP) is 2.77. The number of sulfonamides is 1. The van der Waals surface area contributed by atoms with E-state index < -0.39 is 21.3 Å². The Morgan fingerprint density at radius 1 is 1.00 bits per heavy atom. The zero-order valence-electron chi connectivity index (χ0n) is 14.9. The van der Waals surface area contributed by atoms with Gasteiger partial charge in [0.15, 0.2) is 0 Å². The summed E-state index contributed by atoms with van der Waals surface area (Å²) in [6.07, 6.45) is 6.75. The van der Waals surface area contributed by atoms with Gasteiger partial charge in [0.25, 0.3) is 0 Å². The van der Waals surface area contributed by atoms with Crippen LogP contribution in [-0.4, -0.2) is 49.2 Å². The maximum absolute atomic E-state index is 13.2. The van der Waals surface area contributed by atoms with Gasteiger partial charge in [0.05, 0.1) is 10.3 Å². The minimum Gasteiger partial charge on any atom is -0.339 e. The van der Waals surface area contributed by atoms with Gasteiger partial charge in [0.2, 0.25) is 15.9 Å². The summed E-state index contributed by atoms with van der Waals surface area (Å²) < 4.78 is 40.3. The average Bonchev–Trinajstić information content (AvgIpc) is 3.29. The number of nitrogens with zero attached hydrogens (tertiary/aromatic N) is 2. The van der Waals surface area contributed by atoms with Crippen molar-refractivity contribution in [3.8, 4) is 0 Å². The fourth-order valence-corrected chi connectivity index (χ4v) is 6.37. The lowest BCUT2D eigenvalue weighted by Gasteiger charge is -2.42. The molecule has 1 saturated carbocycles. The molecule has 7 heteroatoms. The molecule has 3 aliphatic rings. The van der Waals surface area contributed by atoms with Crippen LogP contribution in [0.1, 0.15) is 44.9 Å². The van der Waals surface area contributed by atoms with Crippen molar-refractivity contribution in [1.29, 1.82) is 0 Å². The lowest BCUT2D eigenvalue weighted by molar-refractivity contribution is -0.148. The molecule has 2 saturated heterocycles. The van der Waals surface area contributed by atoms with Crippen molar-refractivity contribution >= 4 is 15.9 Å². The number of rotatable bonds is 3. The molecule has 1 spiro atoms. The van der Waals surface area contributed by atoms with E-state index in [-0.39, 0.29) is 17.3 Å². The average molecular weight is 380 g/mol. The second-order valence-corrected chi connectivity index (χ2v) is 9.80. The Labute approximate surface area is 154 Å². The van der Waals surface area contributed by atoms with E-state index in [0.29, 0.717) is 19.0 Å². The van der Waals surface area contributed by atoms with Crippen LogP contribution in [-0.2, 0) is 14.8 Å². The quantitative estimate of drug-likeness (QED) is 0.810. The Balaban J connectivity index is 1.55. The second-order valence-electron chi connectivity index (χ2n) is 7.86. The highest BCUT2D eigenvalue weighted by atomic mass is 32.2. The smallest absolute Gasteiger partial charge is 0.243 e. The van der Waals surface area contributed by atoms with Gasteiger partial charge < -0.3 is 4.90 Å². The second kappa shape index (κ2) is 6.60. The molecule has 5 nitrogen and oxygen atoms in total. The van der Waals surface area contributed by atoms with E-state index in [0.717, 1.165) is 44.4 Å². The molecule has 2 heterocycles. The van der Waals surface area contributed by atoms with Gasteiger partial charge >= 0.3 is 0 Å². The minimum atomic E-state index is -3.69. The molecule has 1 aliphatic carbocycles. The van der Waals surface area contributed by atoms with E-state index in [9.17, 15) is 17.6 Å². The monoisotopic (exact) mass is 380 g/mol. The van der Waals surface area contributed by atoms with E-state index in [2.05, 4.69) is 0 Å². The van der Waals surface area contributed by atoms with Crippen LogP contribution in [0.4, 0.5) is 4.39 Å². The van der Waals surface area contributed by atoms with Crippen molar-refractivity contribution in [2.75, 3.05) is 19.6 Å². The fraction of sp³-hybridized carbons (Fsp3) is 0.632. The van der Waals surface area contributed by atoms with Gasteiger partial charge in [-0.05, 0) is 56.4 Å². The van der Waals surface area contributed by atoms with Gasteiger partial charge in [0.1, 0.15) is 5.82 Å². The highest BCUT2D eigenvalue weighted by Gasteiger charge is 2.52. The molecule has 142 valence electrons. The summed E-state index contributed by atoms with van der Waals surface area (Å²) in [5, 5.41) is 0. The van der Waals surface area contributed by atoms with Crippen LogP contribution in [0.3, 0.4) is 0 Å². The molecule has 1 aromatic rings. The lowest BCUT2D eigenvalue weighted by Crippen LogP contribution is -2.53. The van der Waals surface area contributed by atoms with Crippen molar-refractivity contribution in [2.24, 2.45) is 5.41 Å². The molecule has 0 bridgehead atoms.